The van der Waals surface area contributed by atoms with Crippen molar-refractivity contribution in [2.45, 2.75) is 18.7 Å². The van der Waals surface area contributed by atoms with Gasteiger partial charge in [-0.15, -0.1) is 5.73 Å². The van der Waals surface area contributed by atoms with Gasteiger partial charge in [-0.1, -0.05) is 30.2 Å². The number of carbonyl (C=O) groups is 1. The van der Waals surface area contributed by atoms with Gasteiger partial charge < -0.3 is 4.74 Å². The van der Waals surface area contributed by atoms with Crippen molar-refractivity contribution in [3.8, 4) is 11.8 Å². The third-order valence-electron chi connectivity index (χ3n) is 2.56. The van der Waals surface area contributed by atoms with Crippen LogP contribution in [0.1, 0.15) is 12.5 Å². The summed E-state index contributed by atoms with van der Waals surface area (Å²) in [5.74, 6) is 3.99. The molecule has 5 nitrogen and oxygen atoms in total. The zero-order valence-corrected chi connectivity index (χ0v) is 13.3. The highest BCUT2D eigenvalue weighted by Crippen LogP contribution is 2.16. The molecule has 0 aromatic heterocycles. The number of rotatable bonds is 5. The average molecular weight is 319 g/mol. The topological polar surface area (TPSA) is 63.7 Å². The van der Waals surface area contributed by atoms with E-state index in [1.54, 1.807) is 19.1 Å². The van der Waals surface area contributed by atoms with Gasteiger partial charge in [0.2, 0.25) is 0 Å². The van der Waals surface area contributed by atoms with E-state index in [1.807, 2.05) is 6.92 Å². The Bertz CT molecular complexity index is 733. The molecule has 0 saturated heterocycles. The lowest BCUT2D eigenvalue weighted by Gasteiger charge is -2.16. The fraction of sp³-hybridized carbons (Fsp3) is 0.250. The summed E-state index contributed by atoms with van der Waals surface area (Å²) in [4.78, 5) is 11.3. The zero-order valence-electron chi connectivity index (χ0n) is 12.5. The maximum atomic E-state index is 12.5. The Morgan fingerprint density at radius 3 is 2.55 bits per heavy atom. The second-order valence-corrected chi connectivity index (χ2v) is 6.11. The van der Waals surface area contributed by atoms with Gasteiger partial charge in [0.05, 0.1) is 24.2 Å². The molecular formula is C16H17NO4S. The quantitative estimate of drug-likeness (QED) is 0.360. The summed E-state index contributed by atoms with van der Waals surface area (Å²) in [6, 6.07) is 6.42. The Morgan fingerprint density at radius 1 is 1.36 bits per heavy atom. The SMILES string of the molecule is C=C=CN(CC#CC(=O)OCC)S(=O)(=O)c1ccc(C)cc1. The Kier molecular flexibility index (Phi) is 6.46. The highest BCUT2D eigenvalue weighted by molar-refractivity contribution is 7.89. The molecule has 0 spiro atoms. The summed E-state index contributed by atoms with van der Waals surface area (Å²) in [6.45, 7) is 6.91. The number of ether oxygens (including phenoxy) is 1. The van der Waals surface area contributed by atoms with Crippen LogP contribution in [0.25, 0.3) is 0 Å². The molecule has 0 fully saturated rings. The van der Waals surface area contributed by atoms with Gasteiger partial charge in [-0.2, -0.15) is 0 Å². The molecule has 0 aliphatic heterocycles. The van der Waals surface area contributed by atoms with E-state index in [9.17, 15) is 13.2 Å². The van der Waals surface area contributed by atoms with Crippen LogP contribution in [0.4, 0.5) is 0 Å². The fourth-order valence-electron chi connectivity index (χ4n) is 1.50. The molecular weight excluding hydrogens is 302 g/mol. The van der Waals surface area contributed by atoms with Crippen LogP contribution in [0.2, 0.25) is 0 Å². The van der Waals surface area contributed by atoms with Crippen molar-refractivity contribution in [2.24, 2.45) is 0 Å². The van der Waals surface area contributed by atoms with E-state index in [0.29, 0.717) is 0 Å². The van der Waals surface area contributed by atoms with E-state index in [0.717, 1.165) is 9.87 Å². The maximum absolute atomic E-state index is 12.5. The lowest BCUT2D eigenvalue weighted by atomic mass is 10.2. The predicted molar refractivity (Wildman–Crippen MR) is 83.2 cm³/mol. The number of hydrogen-bond donors (Lipinski definition) is 0. The Balaban J connectivity index is 3.01. The normalized spacial score (nSPS) is 9.91. The molecule has 0 bridgehead atoms. The van der Waals surface area contributed by atoms with E-state index in [4.69, 9.17) is 0 Å². The zero-order chi connectivity index (χ0) is 16.6. The minimum absolute atomic E-state index is 0.127. The number of sulfonamides is 1. The Hall–Kier alpha value is -2.48. The van der Waals surface area contributed by atoms with Crippen LogP contribution >= 0.6 is 0 Å². The molecule has 22 heavy (non-hydrogen) atoms. The summed E-state index contributed by atoms with van der Waals surface area (Å²) in [5, 5.41) is 0. The first-order chi connectivity index (χ1) is 10.4. The summed E-state index contributed by atoms with van der Waals surface area (Å²) >= 11 is 0. The third-order valence-corrected chi connectivity index (χ3v) is 4.28. The van der Waals surface area contributed by atoms with Crippen LogP contribution in [0.15, 0.2) is 47.7 Å². The van der Waals surface area contributed by atoms with Crippen LogP contribution in [-0.4, -0.2) is 31.8 Å². The van der Waals surface area contributed by atoms with Crippen LogP contribution in [-0.2, 0) is 19.6 Å². The molecule has 0 saturated carbocycles. The maximum Gasteiger partial charge on any atom is 0.384 e. The molecule has 0 radical (unpaired) electrons. The lowest BCUT2D eigenvalue weighted by Crippen LogP contribution is -2.26. The van der Waals surface area contributed by atoms with Gasteiger partial charge in [0, 0.05) is 5.92 Å². The Morgan fingerprint density at radius 2 is 2.00 bits per heavy atom. The lowest BCUT2D eigenvalue weighted by molar-refractivity contribution is -0.136. The van der Waals surface area contributed by atoms with Gasteiger partial charge in [-0.05, 0) is 26.0 Å². The van der Waals surface area contributed by atoms with Crippen molar-refractivity contribution in [1.82, 2.24) is 4.31 Å². The molecule has 0 amide bonds. The first kappa shape index (κ1) is 17.6. The summed E-state index contributed by atoms with van der Waals surface area (Å²) in [6.07, 6.45) is 1.18. The monoisotopic (exact) mass is 319 g/mol. The largest absolute Gasteiger partial charge is 0.456 e. The van der Waals surface area contributed by atoms with Crippen molar-refractivity contribution in [1.29, 1.82) is 0 Å². The van der Waals surface area contributed by atoms with Gasteiger partial charge in [0.25, 0.3) is 10.0 Å². The second-order valence-electron chi connectivity index (χ2n) is 4.22. The summed E-state index contributed by atoms with van der Waals surface area (Å²) in [5.41, 5.74) is 3.36. The number of nitrogens with zero attached hydrogens (tertiary/aromatic N) is 1. The average Bonchev–Trinajstić information content (AvgIpc) is 2.47. The van der Waals surface area contributed by atoms with Crippen molar-refractivity contribution >= 4 is 16.0 Å². The summed E-state index contributed by atoms with van der Waals surface area (Å²) < 4.78 is 30.6. The van der Waals surface area contributed by atoms with Crippen molar-refractivity contribution in [3.05, 3.63) is 48.3 Å². The van der Waals surface area contributed by atoms with E-state index in [2.05, 4.69) is 28.9 Å². The van der Waals surface area contributed by atoms with Gasteiger partial charge in [0.15, 0.2) is 0 Å². The highest BCUT2D eigenvalue weighted by atomic mass is 32.2. The van der Waals surface area contributed by atoms with E-state index in [-0.39, 0.29) is 18.0 Å². The standard InChI is InChI=1S/C16H17NO4S/c1-4-12-17(13-6-7-16(18)21-5-2)22(19,20)15-10-8-14(3)9-11-15/h8-12H,1,5,13H2,2-3H3. The number of esters is 1. The van der Waals surface area contributed by atoms with Gasteiger partial charge in [-0.3, -0.25) is 4.31 Å². The molecule has 0 heterocycles. The second kappa shape index (κ2) is 8.08. The highest BCUT2D eigenvalue weighted by Gasteiger charge is 2.20. The minimum Gasteiger partial charge on any atom is -0.456 e. The molecule has 0 unspecified atom stereocenters. The molecule has 0 aliphatic carbocycles. The van der Waals surface area contributed by atoms with Crippen LogP contribution < -0.4 is 0 Å². The van der Waals surface area contributed by atoms with Gasteiger partial charge in [0.1, 0.15) is 0 Å². The van der Waals surface area contributed by atoms with E-state index in [1.165, 1.54) is 18.3 Å². The minimum atomic E-state index is -3.77. The van der Waals surface area contributed by atoms with Crippen molar-refractivity contribution in [2.75, 3.05) is 13.2 Å². The van der Waals surface area contributed by atoms with Crippen LogP contribution in [0.5, 0.6) is 0 Å². The third kappa shape index (κ3) is 4.81. The number of benzene rings is 1. The first-order valence-corrected chi connectivity index (χ1v) is 7.96. The smallest absolute Gasteiger partial charge is 0.384 e. The molecule has 116 valence electrons. The summed E-state index contributed by atoms with van der Waals surface area (Å²) in [7, 11) is -3.77. The van der Waals surface area contributed by atoms with E-state index >= 15 is 0 Å². The molecule has 0 atom stereocenters. The van der Waals surface area contributed by atoms with Gasteiger partial charge >= 0.3 is 5.97 Å². The number of carbonyl (C=O) groups excluding carboxylic acids is 1. The number of hydrogen-bond acceptors (Lipinski definition) is 4. The van der Waals surface area contributed by atoms with Gasteiger partial charge in [-0.25, -0.2) is 13.2 Å². The van der Waals surface area contributed by atoms with Crippen LogP contribution in [0, 0.1) is 18.8 Å². The molecule has 0 aliphatic rings. The molecule has 6 heteroatoms. The molecule has 0 N–H and O–H groups in total. The molecule has 1 aromatic carbocycles. The number of aryl methyl sites for hydroxylation is 1. The Labute approximate surface area is 130 Å². The van der Waals surface area contributed by atoms with Crippen LogP contribution in [0.3, 0.4) is 0 Å². The molecule has 1 rings (SSSR count). The first-order valence-electron chi connectivity index (χ1n) is 6.52. The predicted octanol–water partition coefficient (Wildman–Crippen LogP) is 1.85. The van der Waals surface area contributed by atoms with Crippen molar-refractivity contribution < 1.29 is 17.9 Å². The van der Waals surface area contributed by atoms with Crippen molar-refractivity contribution in [3.63, 3.8) is 0 Å². The fourth-order valence-corrected chi connectivity index (χ4v) is 2.70. The van der Waals surface area contributed by atoms with E-state index < -0.39 is 16.0 Å². The molecule has 1 aromatic rings.